The average Bonchev–Trinajstić information content (AvgIpc) is 2.26. The van der Waals surface area contributed by atoms with Gasteiger partial charge in [0.2, 0.25) is 0 Å². The number of nitrogens with one attached hydrogen (secondary N) is 1. The Labute approximate surface area is 96.6 Å². The smallest absolute Gasteiger partial charge is 0.0341 e. The number of rotatable bonds is 6. The Morgan fingerprint density at radius 2 is 2.13 bits per heavy atom. The molecule has 15 heavy (non-hydrogen) atoms. The van der Waals surface area contributed by atoms with E-state index in [0.717, 1.165) is 17.9 Å². The van der Waals surface area contributed by atoms with Gasteiger partial charge in [-0.15, -0.1) is 0 Å². The fraction of sp³-hybridized carbons (Fsp3) is 0.500. The molecular formula is C12H20N2S. The molecule has 0 heterocycles. The first kappa shape index (κ1) is 12.6. The van der Waals surface area contributed by atoms with Crippen LogP contribution in [0.4, 0.5) is 0 Å². The van der Waals surface area contributed by atoms with E-state index in [1.807, 2.05) is 11.8 Å². The highest BCUT2D eigenvalue weighted by molar-refractivity contribution is 7.99. The molecule has 84 valence electrons. The Bertz CT molecular complexity index is 289. The Morgan fingerprint density at radius 3 is 2.73 bits per heavy atom. The van der Waals surface area contributed by atoms with Crippen LogP contribution in [0.2, 0.25) is 0 Å². The maximum atomic E-state index is 5.55. The van der Waals surface area contributed by atoms with Crippen molar-refractivity contribution in [3.63, 3.8) is 0 Å². The van der Waals surface area contributed by atoms with Crippen LogP contribution in [-0.4, -0.2) is 17.5 Å². The van der Waals surface area contributed by atoms with Gasteiger partial charge in [-0.1, -0.05) is 31.2 Å². The summed E-state index contributed by atoms with van der Waals surface area (Å²) in [7, 11) is 0. The van der Waals surface area contributed by atoms with Crippen molar-refractivity contribution >= 4 is 11.8 Å². The molecule has 1 aromatic carbocycles. The second-order valence-electron chi connectivity index (χ2n) is 3.65. The van der Waals surface area contributed by atoms with Crippen LogP contribution in [0.1, 0.15) is 18.1 Å². The van der Waals surface area contributed by atoms with E-state index in [-0.39, 0.29) is 0 Å². The predicted octanol–water partition coefficient (Wildman–Crippen LogP) is 2.12. The molecule has 2 nitrogen and oxygen atoms in total. The van der Waals surface area contributed by atoms with Crippen LogP contribution in [0.3, 0.4) is 0 Å². The Morgan fingerprint density at radius 1 is 1.40 bits per heavy atom. The molecule has 0 saturated heterocycles. The third kappa shape index (κ3) is 4.24. The van der Waals surface area contributed by atoms with Gasteiger partial charge in [0.25, 0.3) is 0 Å². The lowest BCUT2D eigenvalue weighted by Crippen LogP contribution is -2.38. The molecule has 0 bridgehead atoms. The highest BCUT2D eigenvalue weighted by Crippen LogP contribution is 2.12. The summed E-state index contributed by atoms with van der Waals surface area (Å²) in [5, 5.41) is 0. The first-order valence-electron chi connectivity index (χ1n) is 5.36. The van der Waals surface area contributed by atoms with Gasteiger partial charge in [-0.25, -0.2) is 0 Å². The van der Waals surface area contributed by atoms with Crippen molar-refractivity contribution in [1.29, 1.82) is 0 Å². The number of benzene rings is 1. The van der Waals surface area contributed by atoms with E-state index in [9.17, 15) is 0 Å². The second kappa shape index (κ2) is 6.88. The number of hydrogen-bond donors (Lipinski definition) is 2. The number of hydrogen-bond acceptors (Lipinski definition) is 3. The summed E-state index contributed by atoms with van der Waals surface area (Å²) in [5.74, 6) is 7.76. The van der Waals surface area contributed by atoms with E-state index in [4.69, 9.17) is 5.84 Å². The largest absolute Gasteiger partial charge is 0.271 e. The molecule has 0 fully saturated rings. The predicted molar refractivity (Wildman–Crippen MR) is 69.0 cm³/mol. The van der Waals surface area contributed by atoms with Crippen molar-refractivity contribution in [2.24, 2.45) is 5.84 Å². The van der Waals surface area contributed by atoms with Gasteiger partial charge < -0.3 is 0 Å². The summed E-state index contributed by atoms with van der Waals surface area (Å²) in [6.45, 7) is 4.32. The molecule has 0 amide bonds. The third-order valence-corrected chi connectivity index (χ3v) is 3.53. The minimum atomic E-state index is 0.371. The van der Waals surface area contributed by atoms with Crippen LogP contribution in [-0.2, 0) is 6.42 Å². The molecule has 0 saturated carbocycles. The lowest BCUT2D eigenvalue weighted by atomic mass is 10.0. The van der Waals surface area contributed by atoms with Crippen molar-refractivity contribution in [3.05, 3.63) is 35.4 Å². The molecule has 3 heteroatoms. The highest BCUT2D eigenvalue weighted by Gasteiger charge is 2.08. The maximum Gasteiger partial charge on any atom is 0.0341 e. The van der Waals surface area contributed by atoms with Crippen molar-refractivity contribution in [2.45, 2.75) is 26.3 Å². The van der Waals surface area contributed by atoms with Crippen LogP contribution in [0, 0.1) is 6.92 Å². The first-order chi connectivity index (χ1) is 7.27. The van der Waals surface area contributed by atoms with Gasteiger partial charge in [-0.2, -0.15) is 11.8 Å². The standard InChI is InChI=1S/C12H20N2S/c1-3-15-9-12(14-13)8-11-7-5-4-6-10(11)2/h4-7,12,14H,3,8-9,13H2,1-2H3. The van der Waals surface area contributed by atoms with E-state index in [0.29, 0.717) is 6.04 Å². The Balaban J connectivity index is 2.54. The summed E-state index contributed by atoms with van der Waals surface area (Å²) in [6.07, 6.45) is 1.01. The van der Waals surface area contributed by atoms with E-state index < -0.39 is 0 Å². The second-order valence-corrected chi connectivity index (χ2v) is 4.97. The third-order valence-electron chi connectivity index (χ3n) is 2.49. The number of nitrogens with two attached hydrogens (primary N) is 1. The van der Waals surface area contributed by atoms with Gasteiger partial charge >= 0.3 is 0 Å². The van der Waals surface area contributed by atoms with Crippen LogP contribution in [0.25, 0.3) is 0 Å². The molecule has 1 atom stereocenters. The van der Waals surface area contributed by atoms with Gasteiger partial charge in [0.1, 0.15) is 0 Å². The highest BCUT2D eigenvalue weighted by atomic mass is 32.2. The van der Waals surface area contributed by atoms with Gasteiger partial charge in [-0.05, 0) is 30.2 Å². The molecule has 0 spiro atoms. The molecule has 0 radical (unpaired) electrons. The fourth-order valence-electron chi connectivity index (χ4n) is 1.53. The minimum absolute atomic E-state index is 0.371. The van der Waals surface area contributed by atoms with Crippen molar-refractivity contribution in [1.82, 2.24) is 5.43 Å². The Hall–Kier alpha value is -0.510. The summed E-state index contributed by atoms with van der Waals surface area (Å²) < 4.78 is 0. The molecule has 0 aliphatic heterocycles. The normalized spacial score (nSPS) is 12.7. The zero-order valence-electron chi connectivity index (χ0n) is 9.49. The molecule has 0 aromatic heterocycles. The zero-order valence-corrected chi connectivity index (χ0v) is 10.3. The van der Waals surface area contributed by atoms with Gasteiger partial charge in [0, 0.05) is 11.8 Å². The molecular weight excluding hydrogens is 204 g/mol. The quantitative estimate of drug-likeness (QED) is 0.574. The van der Waals surface area contributed by atoms with Gasteiger partial charge in [0.05, 0.1) is 0 Å². The van der Waals surface area contributed by atoms with Crippen LogP contribution >= 0.6 is 11.8 Å². The molecule has 1 aromatic rings. The average molecular weight is 224 g/mol. The van der Waals surface area contributed by atoms with E-state index in [1.54, 1.807) is 0 Å². The van der Waals surface area contributed by atoms with E-state index >= 15 is 0 Å². The molecule has 1 unspecified atom stereocenters. The fourth-order valence-corrected chi connectivity index (χ4v) is 2.26. The van der Waals surface area contributed by atoms with E-state index in [1.165, 1.54) is 11.1 Å². The van der Waals surface area contributed by atoms with E-state index in [2.05, 4.69) is 43.5 Å². The zero-order chi connectivity index (χ0) is 11.1. The van der Waals surface area contributed by atoms with Crippen LogP contribution in [0.5, 0.6) is 0 Å². The summed E-state index contributed by atoms with van der Waals surface area (Å²) >= 11 is 1.92. The van der Waals surface area contributed by atoms with Crippen LogP contribution < -0.4 is 11.3 Å². The molecule has 0 aliphatic rings. The summed E-state index contributed by atoms with van der Waals surface area (Å²) in [5.41, 5.74) is 5.62. The van der Waals surface area contributed by atoms with Crippen molar-refractivity contribution in [2.75, 3.05) is 11.5 Å². The van der Waals surface area contributed by atoms with Gasteiger partial charge in [0.15, 0.2) is 0 Å². The number of hydrazine groups is 1. The summed E-state index contributed by atoms with van der Waals surface area (Å²) in [4.78, 5) is 0. The van der Waals surface area contributed by atoms with Crippen molar-refractivity contribution in [3.8, 4) is 0 Å². The lowest BCUT2D eigenvalue weighted by molar-refractivity contribution is 0.574. The topological polar surface area (TPSA) is 38.0 Å². The number of thioether (sulfide) groups is 1. The summed E-state index contributed by atoms with van der Waals surface area (Å²) in [6, 6.07) is 8.86. The van der Waals surface area contributed by atoms with Crippen LogP contribution in [0.15, 0.2) is 24.3 Å². The monoisotopic (exact) mass is 224 g/mol. The minimum Gasteiger partial charge on any atom is -0.271 e. The van der Waals surface area contributed by atoms with Crippen molar-refractivity contribution < 1.29 is 0 Å². The molecule has 0 aliphatic carbocycles. The number of aryl methyl sites for hydroxylation is 1. The van der Waals surface area contributed by atoms with Gasteiger partial charge in [-0.3, -0.25) is 11.3 Å². The first-order valence-corrected chi connectivity index (χ1v) is 6.51. The maximum absolute atomic E-state index is 5.55. The Kier molecular flexibility index (Phi) is 5.76. The molecule has 3 N–H and O–H groups in total. The SMILES string of the molecule is CCSCC(Cc1ccccc1C)NN. The lowest BCUT2D eigenvalue weighted by Gasteiger charge is -2.16. The molecule has 1 rings (SSSR count).